The first-order valence-electron chi connectivity index (χ1n) is 12.7. The molecule has 2 saturated heterocycles. The number of amides is 1. The maximum Gasteiger partial charge on any atom is 0.223 e. The molecule has 7 heteroatoms. The number of para-hydroxylation sites is 1. The standard InChI is InChI=1S/C28H38ClN3O3/c1-28(2)20-23(12-19-35-28)27(33)30-13-5-18-34-24-10-8-22(9-11-24)21-31-14-16-32(17-15-31)26-7-4-3-6-25(26)29/h3-4,6-11,23H,5,12-21H2,1-2H3,(H,30,33)/t23-/m1/s1. The molecule has 1 amide bonds. The number of piperazine rings is 1. The van der Waals surface area contributed by atoms with Gasteiger partial charge in [0.2, 0.25) is 5.91 Å². The number of anilines is 1. The van der Waals surface area contributed by atoms with Crippen LogP contribution < -0.4 is 15.0 Å². The summed E-state index contributed by atoms with van der Waals surface area (Å²) in [6.45, 7) is 10.9. The Labute approximate surface area is 214 Å². The third-order valence-corrected chi connectivity index (χ3v) is 7.17. The molecule has 0 bridgehead atoms. The molecule has 2 heterocycles. The van der Waals surface area contributed by atoms with E-state index in [2.05, 4.69) is 33.3 Å². The lowest BCUT2D eigenvalue weighted by molar-refractivity contribution is -0.135. The van der Waals surface area contributed by atoms with Crippen LogP contribution in [0.1, 0.15) is 38.7 Å². The number of nitrogens with zero attached hydrogens (tertiary/aromatic N) is 2. The number of ether oxygens (including phenoxy) is 2. The lowest BCUT2D eigenvalue weighted by Gasteiger charge is -2.36. The number of carbonyl (C=O) groups is 1. The Morgan fingerprint density at radius 2 is 1.86 bits per heavy atom. The molecular formula is C28H38ClN3O3. The molecule has 2 fully saturated rings. The Morgan fingerprint density at radius 1 is 1.11 bits per heavy atom. The molecule has 0 aliphatic carbocycles. The van der Waals surface area contributed by atoms with E-state index < -0.39 is 0 Å². The Kier molecular flexibility index (Phi) is 8.93. The highest BCUT2D eigenvalue weighted by atomic mass is 35.5. The van der Waals surface area contributed by atoms with Crippen LogP contribution in [-0.2, 0) is 16.1 Å². The first kappa shape index (κ1) is 25.8. The first-order valence-corrected chi connectivity index (χ1v) is 13.1. The third kappa shape index (κ3) is 7.60. The second kappa shape index (κ2) is 12.1. The molecule has 1 N–H and O–H groups in total. The van der Waals surface area contributed by atoms with Crippen LogP contribution in [0.15, 0.2) is 48.5 Å². The van der Waals surface area contributed by atoms with Gasteiger partial charge in [-0.2, -0.15) is 0 Å². The Hall–Kier alpha value is -2.28. The minimum atomic E-state index is -0.208. The Morgan fingerprint density at radius 3 is 2.57 bits per heavy atom. The minimum absolute atomic E-state index is 0.0475. The van der Waals surface area contributed by atoms with Gasteiger partial charge in [-0.25, -0.2) is 0 Å². The van der Waals surface area contributed by atoms with Crippen molar-refractivity contribution in [1.29, 1.82) is 0 Å². The summed E-state index contributed by atoms with van der Waals surface area (Å²) in [4.78, 5) is 17.2. The predicted molar refractivity (Wildman–Crippen MR) is 141 cm³/mol. The molecule has 2 aromatic rings. The fourth-order valence-corrected chi connectivity index (χ4v) is 5.13. The molecule has 2 aliphatic heterocycles. The van der Waals surface area contributed by atoms with Crippen LogP contribution in [0.5, 0.6) is 5.75 Å². The lowest BCUT2D eigenvalue weighted by Crippen LogP contribution is -2.46. The highest BCUT2D eigenvalue weighted by molar-refractivity contribution is 6.33. The molecule has 190 valence electrons. The topological polar surface area (TPSA) is 54.0 Å². The van der Waals surface area contributed by atoms with Crippen molar-refractivity contribution in [2.75, 3.05) is 50.8 Å². The van der Waals surface area contributed by atoms with Crippen molar-refractivity contribution < 1.29 is 14.3 Å². The molecule has 1 atom stereocenters. The Bertz CT molecular complexity index is 958. The van der Waals surface area contributed by atoms with Gasteiger partial charge in [-0.3, -0.25) is 9.69 Å². The molecule has 6 nitrogen and oxygen atoms in total. The summed E-state index contributed by atoms with van der Waals surface area (Å²) in [5.41, 5.74) is 2.21. The molecule has 2 aliphatic rings. The molecule has 35 heavy (non-hydrogen) atoms. The summed E-state index contributed by atoms with van der Waals surface area (Å²) in [5.74, 6) is 1.06. The van der Waals surface area contributed by atoms with E-state index in [4.69, 9.17) is 21.1 Å². The van der Waals surface area contributed by atoms with E-state index in [1.807, 2.05) is 44.2 Å². The smallest absolute Gasteiger partial charge is 0.223 e. The molecule has 4 rings (SSSR count). The number of rotatable bonds is 9. The van der Waals surface area contributed by atoms with Gasteiger partial charge in [0, 0.05) is 51.8 Å². The highest BCUT2D eigenvalue weighted by Gasteiger charge is 2.32. The second-order valence-electron chi connectivity index (χ2n) is 10.1. The molecular weight excluding hydrogens is 462 g/mol. The van der Waals surface area contributed by atoms with Gasteiger partial charge < -0.3 is 19.7 Å². The number of nitrogens with one attached hydrogen (secondary N) is 1. The first-order chi connectivity index (χ1) is 16.9. The van der Waals surface area contributed by atoms with E-state index >= 15 is 0 Å². The fraction of sp³-hybridized carbons (Fsp3) is 0.536. The van der Waals surface area contributed by atoms with E-state index in [0.29, 0.717) is 19.8 Å². The maximum atomic E-state index is 12.4. The van der Waals surface area contributed by atoms with Gasteiger partial charge in [0.05, 0.1) is 22.9 Å². The Balaban J connectivity index is 1.12. The van der Waals surface area contributed by atoms with Gasteiger partial charge in [0.15, 0.2) is 0 Å². The molecule has 2 aromatic carbocycles. The van der Waals surface area contributed by atoms with E-state index in [-0.39, 0.29) is 17.4 Å². The van der Waals surface area contributed by atoms with Gasteiger partial charge in [0.25, 0.3) is 0 Å². The number of carbonyl (C=O) groups excluding carboxylic acids is 1. The average molecular weight is 500 g/mol. The molecule has 0 radical (unpaired) electrons. The number of benzene rings is 2. The van der Waals surface area contributed by atoms with Crippen LogP contribution >= 0.6 is 11.6 Å². The van der Waals surface area contributed by atoms with Crippen LogP contribution in [0.3, 0.4) is 0 Å². The van der Waals surface area contributed by atoms with Gasteiger partial charge in [-0.15, -0.1) is 0 Å². The van der Waals surface area contributed by atoms with Crippen molar-refractivity contribution in [3.63, 3.8) is 0 Å². The zero-order valence-electron chi connectivity index (χ0n) is 21.0. The van der Waals surface area contributed by atoms with Crippen molar-refractivity contribution in [3.05, 3.63) is 59.1 Å². The molecule has 0 saturated carbocycles. The van der Waals surface area contributed by atoms with E-state index in [9.17, 15) is 4.79 Å². The lowest BCUT2D eigenvalue weighted by atomic mass is 9.88. The quantitative estimate of drug-likeness (QED) is 0.504. The van der Waals surface area contributed by atoms with Gasteiger partial charge in [0.1, 0.15) is 5.75 Å². The van der Waals surface area contributed by atoms with Crippen molar-refractivity contribution in [3.8, 4) is 5.75 Å². The summed E-state index contributed by atoms with van der Waals surface area (Å²) < 4.78 is 11.6. The second-order valence-corrected chi connectivity index (χ2v) is 10.6. The van der Waals surface area contributed by atoms with Crippen molar-refractivity contribution >= 4 is 23.2 Å². The van der Waals surface area contributed by atoms with Crippen molar-refractivity contribution in [1.82, 2.24) is 10.2 Å². The minimum Gasteiger partial charge on any atom is -0.494 e. The summed E-state index contributed by atoms with van der Waals surface area (Å²) in [6, 6.07) is 16.4. The van der Waals surface area contributed by atoms with Gasteiger partial charge in [-0.1, -0.05) is 35.9 Å². The fourth-order valence-electron chi connectivity index (χ4n) is 4.88. The van der Waals surface area contributed by atoms with Crippen LogP contribution in [0.4, 0.5) is 5.69 Å². The van der Waals surface area contributed by atoms with E-state index in [1.165, 1.54) is 5.56 Å². The molecule has 0 spiro atoms. The number of hydrogen-bond acceptors (Lipinski definition) is 5. The highest BCUT2D eigenvalue weighted by Crippen LogP contribution is 2.29. The van der Waals surface area contributed by atoms with E-state index in [0.717, 1.165) is 68.4 Å². The SMILES string of the molecule is CC1(C)C[C@H](C(=O)NCCCOc2ccc(CN3CCN(c4ccccc4Cl)CC3)cc2)CCO1. The molecule has 0 aromatic heterocycles. The monoisotopic (exact) mass is 499 g/mol. The summed E-state index contributed by atoms with van der Waals surface area (Å²) in [7, 11) is 0. The summed E-state index contributed by atoms with van der Waals surface area (Å²) >= 11 is 6.36. The van der Waals surface area contributed by atoms with Crippen LogP contribution in [0, 0.1) is 5.92 Å². The number of hydrogen-bond donors (Lipinski definition) is 1. The zero-order chi connectivity index (χ0) is 24.7. The van der Waals surface area contributed by atoms with Crippen LogP contribution in [0.25, 0.3) is 0 Å². The van der Waals surface area contributed by atoms with Crippen LogP contribution in [-0.4, -0.2) is 62.3 Å². The van der Waals surface area contributed by atoms with Gasteiger partial charge in [-0.05, 0) is 62.9 Å². The summed E-state index contributed by atoms with van der Waals surface area (Å²) in [5, 5.41) is 3.88. The summed E-state index contributed by atoms with van der Waals surface area (Å²) in [6.07, 6.45) is 2.36. The average Bonchev–Trinajstić information content (AvgIpc) is 2.85. The largest absolute Gasteiger partial charge is 0.494 e. The normalized spacial score (nSPS) is 20.4. The zero-order valence-corrected chi connectivity index (χ0v) is 21.7. The molecule has 0 unspecified atom stereocenters. The van der Waals surface area contributed by atoms with Crippen LogP contribution in [0.2, 0.25) is 5.02 Å². The third-order valence-electron chi connectivity index (χ3n) is 6.85. The van der Waals surface area contributed by atoms with Gasteiger partial charge >= 0.3 is 0 Å². The van der Waals surface area contributed by atoms with Crippen molar-refractivity contribution in [2.45, 2.75) is 45.3 Å². The number of halogens is 1. The van der Waals surface area contributed by atoms with E-state index in [1.54, 1.807) is 0 Å². The predicted octanol–water partition coefficient (Wildman–Crippen LogP) is 4.75. The maximum absolute atomic E-state index is 12.4. The van der Waals surface area contributed by atoms with Crippen molar-refractivity contribution in [2.24, 2.45) is 5.92 Å².